The van der Waals surface area contributed by atoms with Gasteiger partial charge in [0.15, 0.2) is 0 Å². The molecule has 0 radical (unpaired) electrons. The number of aromatic nitrogens is 3. The van der Waals surface area contributed by atoms with Gasteiger partial charge in [0.1, 0.15) is 0 Å². The second kappa shape index (κ2) is 11.8. The fourth-order valence-electron chi connectivity index (χ4n) is 4.94. The molecule has 1 N–H and O–H groups in total. The highest BCUT2D eigenvalue weighted by Crippen LogP contribution is 2.27. The first-order valence-corrected chi connectivity index (χ1v) is 13.5. The van der Waals surface area contributed by atoms with Gasteiger partial charge >= 0.3 is 0 Å². The first kappa shape index (κ1) is 24.0. The molecule has 8 nitrogen and oxygen atoms in total. The Hall–Kier alpha value is -2.75. The normalized spacial score (nSPS) is 19.7. The zero-order chi connectivity index (χ0) is 23.9. The summed E-state index contributed by atoms with van der Waals surface area (Å²) >= 11 is 1.57. The summed E-state index contributed by atoms with van der Waals surface area (Å²) in [5.74, 6) is 0.196. The average Bonchev–Trinajstić information content (AvgIpc) is 3.61. The Morgan fingerprint density at radius 1 is 0.943 bits per heavy atom. The van der Waals surface area contributed by atoms with E-state index in [1.165, 1.54) is 5.56 Å². The molecule has 186 valence electrons. The van der Waals surface area contributed by atoms with E-state index in [0.29, 0.717) is 0 Å². The van der Waals surface area contributed by atoms with Crippen molar-refractivity contribution in [2.24, 2.45) is 5.92 Å². The number of carbonyl (C=O) groups is 1. The van der Waals surface area contributed by atoms with Gasteiger partial charge in [0.25, 0.3) is 0 Å². The molecule has 0 saturated carbocycles. The van der Waals surface area contributed by atoms with Gasteiger partial charge in [0.2, 0.25) is 16.2 Å². The zero-order valence-corrected chi connectivity index (χ0v) is 21.1. The van der Waals surface area contributed by atoms with Crippen molar-refractivity contribution in [1.82, 2.24) is 29.9 Å². The lowest BCUT2D eigenvalue weighted by Crippen LogP contribution is -2.47. The van der Waals surface area contributed by atoms with E-state index in [1.807, 2.05) is 29.1 Å². The van der Waals surface area contributed by atoms with E-state index in [2.05, 4.69) is 60.5 Å². The van der Waals surface area contributed by atoms with Crippen LogP contribution in [-0.4, -0.2) is 82.8 Å². The number of benzene rings is 1. The molecule has 0 aliphatic carbocycles. The Kier molecular flexibility index (Phi) is 8.07. The Balaban J connectivity index is 0.998. The number of amides is 1. The molecule has 5 rings (SSSR count). The monoisotopic (exact) mass is 493 g/mol. The highest BCUT2D eigenvalue weighted by atomic mass is 32.1. The minimum Gasteiger partial charge on any atom is -0.356 e. The van der Waals surface area contributed by atoms with E-state index in [9.17, 15) is 4.79 Å². The third-order valence-electron chi connectivity index (χ3n) is 6.96. The van der Waals surface area contributed by atoms with Crippen LogP contribution in [-0.2, 0) is 11.3 Å². The summed E-state index contributed by atoms with van der Waals surface area (Å²) in [6.07, 6.45) is 6.89. The van der Waals surface area contributed by atoms with E-state index in [0.717, 1.165) is 88.4 Å². The van der Waals surface area contributed by atoms with Crippen molar-refractivity contribution in [1.29, 1.82) is 0 Å². The van der Waals surface area contributed by atoms with Crippen molar-refractivity contribution < 1.29 is 4.79 Å². The molecule has 0 bridgehead atoms. The topological polar surface area (TPSA) is 69.5 Å². The summed E-state index contributed by atoms with van der Waals surface area (Å²) in [6, 6.07) is 14.7. The highest BCUT2D eigenvalue weighted by molar-refractivity contribution is 7.17. The van der Waals surface area contributed by atoms with Crippen LogP contribution in [0, 0.1) is 5.92 Å². The van der Waals surface area contributed by atoms with Crippen LogP contribution in [0.3, 0.4) is 0 Å². The van der Waals surface area contributed by atoms with Crippen molar-refractivity contribution in [2.45, 2.75) is 25.8 Å². The van der Waals surface area contributed by atoms with Crippen molar-refractivity contribution >= 4 is 22.4 Å². The van der Waals surface area contributed by atoms with Crippen LogP contribution < -0.4 is 10.2 Å². The van der Waals surface area contributed by atoms with Crippen molar-refractivity contribution in [3.8, 4) is 5.13 Å². The third kappa shape index (κ3) is 6.48. The maximum Gasteiger partial charge on any atom is 0.224 e. The largest absolute Gasteiger partial charge is 0.356 e. The van der Waals surface area contributed by atoms with Crippen LogP contribution in [0.1, 0.15) is 24.8 Å². The predicted octanol–water partition coefficient (Wildman–Crippen LogP) is 2.87. The molecule has 3 aromatic rings. The van der Waals surface area contributed by atoms with Crippen LogP contribution >= 0.6 is 11.3 Å². The minimum absolute atomic E-state index is 0.0178. The van der Waals surface area contributed by atoms with E-state index in [-0.39, 0.29) is 11.8 Å². The summed E-state index contributed by atoms with van der Waals surface area (Å²) in [7, 11) is 0. The summed E-state index contributed by atoms with van der Waals surface area (Å²) in [4.78, 5) is 20.1. The van der Waals surface area contributed by atoms with Gasteiger partial charge in [-0.05, 0) is 43.5 Å². The molecular weight excluding hydrogens is 458 g/mol. The van der Waals surface area contributed by atoms with Crippen LogP contribution in [0.2, 0.25) is 0 Å². The summed E-state index contributed by atoms with van der Waals surface area (Å²) in [5.41, 5.74) is 1.39. The molecule has 1 atom stereocenters. The van der Waals surface area contributed by atoms with E-state index in [1.54, 1.807) is 11.3 Å². The van der Waals surface area contributed by atoms with E-state index >= 15 is 0 Å². The van der Waals surface area contributed by atoms with Crippen molar-refractivity contribution in [2.75, 3.05) is 57.3 Å². The fraction of sp³-hybridized carbons (Fsp3) is 0.500. The minimum atomic E-state index is 0.0178. The molecule has 2 aliphatic heterocycles. The number of anilines is 1. The predicted molar refractivity (Wildman–Crippen MR) is 140 cm³/mol. The second-order valence-electron chi connectivity index (χ2n) is 9.49. The van der Waals surface area contributed by atoms with Gasteiger partial charge in [-0.1, -0.05) is 41.7 Å². The Morgan fingerprint density at radius 3 is 2.49 bits per heavy atom. The van der Waals surface area contributed by atoms with Crippen molar-refractivity contribution in [3.63, 3.8) is 0 Å². The Labute approximate surface area is 211 Å². The Morgan fingerprint density at radius 2 is 1.69 bits per heavy atom. The lowest BCUT2D eigenvalue weighted by molar-refractivity contribution is -0.125. The zero-order valence-electron chi connectivity index (χ0n) is 20.3. The number of piperidine rings is 1. The lowest BCUT2D eigenvalue weighted by atomic mass is 9.97. The smallest absolute Gasteiger partial charge is 0.224 e. The number of nitrogens with zero attached hydrogens (tertiary/aromatic N) is 6. The number of hydrogen-bond donors (Lipinski definition) is 1. The number of carbonyl (C=O) groups excluding carboxylic acids is 1. The summed E-state index contributed by atoms with van der Waals surface area (Å²) in [5, 5.41) is 13.6. The molecule has 2 fully saturated rings. The highest BCUT2D eigenvalue weighted by Gasteiger charge is 2.27. The molecule has 2 saturated heterocycles. The van der Waals surface area contributed by atoms with Gasteiger partial charge in [0.05, 0.1) is 5.92 Å². The summed E-state index contributed by atoms with van der Waals surface area (Å²) in [6.45, 7) is 8.90. The van der Waals surface area contributed by atoms with Gasteiger partial charge in [-0.25, -0.2) is 0 Å². The van der Waals surface area contributed by atoms with Gasteiger partial charge in [0, 0.05) is 64.8 Å². The molecule has 2 aliphatic rings. The first-order valence-electron chi connectivity index (χ1n) is 12.7. The van der Waals surface area contributed by atoms with E-state index in [4.69, 9.17) is 0 Å². The number of rotatable bonds is 9. The molecule has 35 heavy (non-hydrogen) atoms. The second-order valence-corrected chi connectivity index (χ2v) is 10.4. The van der Waals surface area contributed by atoms with Gasteiger partial charge in [-0.15, -0.1) is 10.2 Å². The standard InChI is InChI=1S/C26H35N7OS/c34-24(23-10-6-15-33(21-23)26-29-28-25(35-26)32-13-4-5-14-32)27-11-7-12-30-16-18-31(19-17-30)20-22-8-2-1-3-9-22/h1-5,8-9,13-14,23H,6-7,10-12,15-21H2,(H,27,34)/t23-/m0/s1. The maximum absolute atomic E-state index is 12.8. The quantitative estimate of drug-likeness (QED) is 0.463. The molecule has 1 amide bonds. The molecule has 9 heteroatoms. The van der Waals surface area contributed by atoms with Crippen LogP contribution in [0.4, 0.5) is 5.13 Å². The van der Waals surface area contributed by atoms with Gasteiger partial charge < -0.3 is 15.1 Å². The maximum atomic E-state index is 12.8. The molecule has 0 unspecified atom stereocenters. The summed E-state index contributed by atoms with van der Waals surface area (Å²) < 4.78 is 1.97. The average molecular weight is 494 g/mol. The number of hydrogen-bond acceptors (Lipinski definition) is 7. The SMILES string of the molecule is O=C(NCCCN1CCN(Cc2ccccc2)CC1)[C@H]1CCCN(c2nnc(-n3cccc3)s2)C1. The lowest BCUT2D eigenvalue weighted by Gasteiger charge is -2.34. The molecule has 0 spiro atoms. The molecule has 1 aromatic carbocycles. The molecule has 4 heterocycles. The third-order valence-corrected chi connectivity index (χ3v) is 7.95. The number of nitrogens with one attached hydrogen (secondary N) is 1. The van der Waals surface area contributed by atoms with Gasteiger partial charge in [-0.2, -0.15) is 0 Å². The Bertz CT molecular complexity index is 1050. The van der Waals surface area contributed by atoms with Crippen molar-refractivity contribution in [3.05, 3.63) is 60.4 Å². The van der Waals surface area contributed by atoms with Crippen LogP contribution in [0.25, 0.3) is 5.13 Å². The fourth-order valence-corrected chi connectivity index (χ4v) is 5.79. The molecule has 2 aromatic heterocycles. The van der Waals surface area contributed by atoms with Crippen LogP contribution in [0.5, 0.6) is 0 Å². The van der Waals surface area contributed by atoms with Crippen LogP contribution in [0.15, 0.2) is 54.9 Å². The van der Waals surface area contributed by atoms with Gasteiger partial charge in [-0.3, -0.25) is 14.3 Å². The van der Waals surface area contributed by atoms with E-state index < -0.39 is 0 Å². The first-order chi connectivity index (χ1) is 17.2. The number of piperazine rings is 1. The molecular formula is C26H35N7OS.